The Morgan fingerprint density at radius 2 is 1.63 bits per heavy atom. The molecule has 1 atom stereocenters. The second kappa shape index (κ2) is 5.67. The van der Waals surface area contributed by atoms with Crippen LogP contribution in [-0.4, -0.2) is 19.2 Å². The zero-order valence-corrected chi connectivity index (χ0v) is 10.8. The van der Waals surface area contributed by atoms with Crippen LogP contribution in [0.4, 0.5) is 4.39 Å². The van der Waals surface area contributed by atoms with Crippen molar-refractivity contribution in [2.24, 2.45) is 5.73 Å². The van der Waals surface area contributed by atoms with Crippen molar-refractivity contribution in [1.82, 2.24) is 4.98 Å². The van der Waals surface area contributed by atoms with Gasteiger partial charge in [-0.15, -0.1) is 0 Å². The standard InChI is InChI=1S/C14H15FN2O2/c1-18-12-4-9(5-13(6-12)19-2)14(16)10-3-11(15)8-17-7-10/h3-8,14H,16H2,1-2H3. The number of halogens is 1. The minimum Gasteiger partial charge on any atom is -0.497 e. The molecular weight excluding hydrogens is 247 g/mol. The van der Waals surface area contributed by atoms with Crippen LogP contribution in [-0.2, 0) is 0 Å². The molecule has 0 fully saturated rings. The van der Waals surface area contributed by atoms with Gasteiger partial charge < -0.3 is 15.2 Å². The third kappa shape index (κ3) is 3.00. The van der Waals surface area contributed by atoms with Crippen molar-refractivity contribution < 1.29 is 13.9 Å². The molecule has 0 saturated heterocycles. The Bertz CT molecular complexity index is 553. The average molecular weight is 262 g/mol. The van der Waals surface area contributed by atoms with Crippen LogP contribution in [0.5, 0.6) is 11.5 Å². The van der Waals surface area contributed by atoms with E-state index in [0.717, 1.165) is 11.8 Å². The van der Waals surface area contributed by atoms with Crippen LogP contribution >= 0.6 is 0 Å². The minimum absolute atomic E-state index is 0.414. The van der Waals surface area contributed by atoms with E-state index >= 15 is 0 Å². The molecule has 5 heteroatoms. The van der Waals surface area contributed by atoms with Gasteiger partial charge in [0.15, 0.2) is 0 Å². The SMILES string of the molecule is COc1cc(OC)cc(C(N)c2cncc(F)c2)c1. The number of nitrogens with two attached hydrogens (primary N) is 1. The summed E-state index contributed by atoms with van der Waals surface area (Å²) in [4.78, 5) is 3.80. The zero-order chi connectivity index (χ0) is 13.8. The zero-order valence-electron chi connectivity index (χ0n) is 10.8. The third-order valence-corrected chi connectivity index (χ3v) is 2.82. The molecule has 0 amide bonds. The van der Waals surface area contributed by atoms with Crippen LogP contribution < -0.4 is 15.2 Å². The van der Waals surface area contributed by atoms with Crippen LogP contribution in [0, 0.1) is 5.82 Å². The Labute approximate surface area is 111 Å². The fourth-order valence-electron chi connectivity index (χ4n) is 1.80. The Kier molecular flexibility index (Phi) is 3.97. The Balaban J connectivity index is 2.40. The van der Waals surface area contributed by atoms with E-state index in [0.29, 0.717) is 17.1 Å². The minimum atomic E-state index is -0.493. The normalized spacial score (nSPS) is 12.0. The molecule has 2 aromatic rings. The van der Waals surface area contributed by atoms with Crippen molar-refractivity contribution in [1.29, 1.82) is 0 Å². The molecule has 4 nitrogen and oxygen atoms in total. The Hall–Kier alpha value is -2.14. The van der Waals surface area contributed by atoms with E-state index in [4.69, 9.17) is 15.2 Å². The number of hydrogen-bond donors (Lipinski definition) is 1. The second-order valence-electron chi connectivity index (χ2n) is 4.06. The maximum atomic E-state index is 13.2. The highest BCUT2D eigenvalue weighted by molar-refractivity contribution is 5.42. The summed E-state index contributed by atoms with van der Waals surface area (Å²) < 4.78 is 23.5. The number of benzene rings is 1. The number of ether oxygens (including phenoxy) is 2. The van der Waals surface area contributed by atoms with Gasteiger partial charge in [-0.2, -0.15) is 0 Å². The molecule has 0 radical (unpaired) electrons. The van der Waals surface area contributed by atoms with Crippen molar-refractivity contribution in [3.63, 3.8) is 0 Å². The maximum absolute atomic E-state index is 13.2. The molecule has 0 aliphatic carbocycles. The third-order valence-electron chi connectivity index (χ3n) is 2.82. The lowest BCUT2D eigenvalue weighted by Gasteiger charge is -2.15. The van der Waals surface area contributed by atoms with Crippen molar-refractivity contribution in [2.45, 2.75) is 6.04 Å². The van der Waals surface area contributed by atoms with E-state index in [9.17, 15) is 4.39 Å². The average Bonchev–Trinajstić information content (AvgIpc) is 2.45. The van der Waals surface area contributed by atoms with Crippen molar-refractivity contribution in [2.75, 3.05) is 14.2 Å². The van der Waals surface area contributed by atoms with Gasteiger partial charge in [0.2, 0.25) is 0 Å². The molecule has 0 spiro atoms. The first-order chi connectivity index (χ1) is 9.13. The molecule has 1 aromatic carbocycles. The Morgan fingerprint density at radius 1 is 1.00 bits per heavy atom. The number of methoxy groups -OCH3 is 2. The molecule has 0 aliphatic heterocycles. The lowest BCUT2D eigenvalue weighted by Crippen LogP contribution is -2.12. The number of rotatable bonds is 4. The van der Waals surface area contributed by atoms with Gasteiger partial charge >= 0.3 is 0 Å². The summed E-state index contributed by atoms with van der Waals surface area (Å²) in [5.41, 5.74) is 7.47. The van der Waals surface area contributed by atoms with Crippen LogP contribution in [0.3, 0.4) is 0 Å². The molecule has 2 N–H and O–H groups in total. The summed E-state index contributed by atoms with van der Waals surface area (Å²) in [7, 11) is 3.13. The molecule has 0 bridgehead atoms. The van der Waals surface area contributed by atoms with Gasteiger partial charge in [-0.05, 0) is 29.3 Å². The van der Waals surface area contributed by atoms with Gasteiger partial charge in [0.1, 0.15) is 17.3 Å². The number of pyridine rings is 1. The van der Waals surface area contributed by atoms with Crippen molar-refractivity contribution in [3.05, 3.63) is 53.6 Å². The topological polar surface area (TPSA) is 57.4 Å². The summed E-state index contributed by atoms with van der Waals surface area (Å²) in [6.07, 6.45) is 2.68. The van der Waals surface area contributed by atoms with Gasteiger partial charge in [-0.25, -0.2) is 4.39 Å². The summed E-state index contributed by atoms with van der Waals surface area (Å²) in [6.45, 7) is 0. The second-order valence-corrected chi connectivity index (χ2v) is 4.06. The van der Waals surface area contributed by atoms with Crippen LogP contribution in [0.2, 0.25) is 0 Å². The van der Waals surface area contributed by atoms with E-state index in [1.807, 2.05) is 0 Å². The largest absolute Gasteiger partial charge is 0.497 e. The molecule has 2 rings (SSSR count). The molecule has 1 aromatic heterocycles. The molecule has 19 heavy (non-hydrogen) atoms. The van der Waals surface area contributed by atoms with Crippen molar-refractivity contribution >= 4 is 0 Å². The monoisotopic (exact) mass is 262 g/mol. The molecular formula is C14H15FN2O2. The Morgan fingerprint density at radius 3 is 2.16 bits per heavy atom. The van der Waals surface area contributed by atoms with Crippen LogP contribution in [0.15, 0.2) is 36.7 Å². The quantitative estimate of drug-likeness (QED) is 0.918. The fourth-order valence-corrected chi connectivity index (χ4v) is 1.80. The van der Waals surface area contributed by atoms with E-state index in [2.05, 4.69) is 4.98 Å². The van der Waals surface area contributed by atoms with Gasteiger partial charge in [0.05, 0.1) is 26.5 Å². The first-order valence-corrected chi connectivity index (χ1v) is 5.73. The summed E-state index contributed by atoms with van der Waals surface area (Å²) >= 11 is 0. The number of hydrogen-bond acceptors (Lipinski definition) is 4. The summed E-state index contributed by atoms with van der Waals surface area (Å²) in [6, 6.07) is 6.20. The number of aromatic nitrogens is 1. The summed E-state index contributed by atoms with van der Waals surface area (Å²) in [5, 5.41) is 0. The van der Waals surface area contributed by atoms with E-state index < -0.39 is 11.9 Å². The lowest BCUT2D eigenvalue weighted by atomic mass is 10.0. The van der Waals surface area contributed by atoms with Gasteiger partial charge in [0.25, 0.3) is 0 Å². The first-order valence-electron chi connectivity index (χ1n) is 5.73. The predicted octanol–water partition coefficient (Wildman–Crippen LogP) is 2.29. The fraction of sp³-hybridized carbons (Fsp3) is 0.214. The van der Waals surface area contributed by atoms with Gasteiger partial charge in [-0.3, -0.25) is 4.98 Å². The molecule has 100 valence electrons. The van der Waals surface area contributed by atoms with E-state index in [1.54, 1.807) is 38.6 Å². The number of nitrogens with zero attached hydrogens (tertiary/aromatic N) is 1. The van der Waals surface area contributed by atoms with Gasteiger partial charge in [0, 0.05) is 12.3 Å². The summed E-state index contributed by atoms with van der Waals surface area (Å²) in [5.74, 6) is 0.853. The smallest absolute Gasteiger partial charge is 0.141 e. The molecule has 0 aliphatic rings. The first kappa shape index (κ1) is 13.3. The highest BCUT2D eigenvalue weighted by Crippen LogP contribution is 2.28. The molecule has 1 unspecified atom stereocenters. The molecule has 1 heterocycles. The highest BCUT2D eigenvalue weighted by atomic mass is 19.1. The molecule has 0 saturated carbocycles. The maximum Gasteiger partial charge on any atom is 0.141 e. The van der Waals surface area contributed by atoms with E-state index in [-0.39, 0.29) is 0 Å². The van der Waals surface area contributed by atoms with Crippen LogP contribution in [0.1, 0.15) is 17.2 Å². The highest BCUT2D eigenvalue weighted by Gasteiger charge is 2.13. The predicted molar refractivity (Wildman–Crippen MR) is 69.8 cm³/mol. The van der Waals surface area contributed by atoms with E-state index in [1.165, 1.54) is 6.07 Å². The van der Waals surface area contributed by atoms with Gasteiger partial charge in [-0.1, -0.05) is 0 Å². The lowest BCUT2D eigenvalue weighted by molar-refractivity contribution is 0.393. The van der Waals surface area contributed by atoms with Crippen LogP contribution in [0.25, 0.3) is 0 Å². The van der Waals surface area contributed by atoms with Crippen molar-refractivity contribution in [3.8, 4) is 11.5 Å².